The van der Waals surface area contributed by atoms with Gasteiger partial charge in [-0.15, -0.1) is 0 Å². The second kappa shape index (κ2) is 11.0. The zero-order valence-electron chi connectivity index (χ0n) is 20.2. The summed E-state index contributed by atoms with van der Waals surface area (Å²) in [4.78, 5) is 21.5. The highest BCUT2D eigenvalue weighted by atomic mass is 19.1. The molecule has 1 saturated heterocycles. The lowest BCUT2D eigenvalue weighted by Gasteiger charge is -2.33. The molecule has 1 aliphatic heterocycles. The number of nitrogens with two attached hydrogens (primary N) is 1. The predicted molar refractivity (Wildman–Crippen MR) is 135 cm³/mol. The van der Waals surface area contributed by atoms with E-state index in [-0.39, 0.29) is 17.7 Å². The van der Waals surface area contributed by atoms with E-state index >= 15 is 0 Å². The van der Waals surface area contributed by atoms with Gasteiger partial charge in [-0.25, -0.2) is 13.5 Å². The molecule has 5 rings (SSSR count). The number of anilines is 1. The SMILES string of the molecule is NCCCN1CCN(c2nc(-c3cccc(Cn4nc(-c5cc(F)cc(F)c5)ccc4=O)c3)no2)CC1. The van der Waals surface area contributed by atoms with Gasteiger partial charge in [0.25, 0.3) is 5.56 Å². The molecular formula is C26H27F2N7O2. The molecule has 0 saturated carbocycles. The fourth-order valence-corrected chi connectivity index (χ4v) is 4.34. The number of nitrogens with zero attached hydrogens (tertiary/aromatic N) is 6. The Morgan fingerprint density at radius 2 is 1.73 bits per heavy atom. The first-order chi connectivity index (χ1) is 18.0. The summed E-state index contributed by atoms with van der Waals surface area (Å²) in [5.41, 5.74) is 7.34. The molecule has 3 heterocycles. The van der Waals surface area contributed by atoms with Gasteiger partial charge < -0.3 is 15.2 Å². The number of halogens is 2. The van der Waals surface area contributed by atoms with Crippen molar-refractivity contribution < 1.29 is 13.3 Å². The van der Waals surface area contributed by atoms with Crippen LogP contribution in [0.3, 0.4) is 0 Å². The molecule has 0 aliphatic carbocycles. The summed E-state index contributed by atoms with van der Waals surface area (Å²) in [5.74, 6) is -0.975. The Balaban J connectivity index is 1.31. The van der Waals surface area contributed by atoms with Gasteiger partial charge >= 0.3 is 6.01 Å². The minimum atomic E-state index is -0.713. The van der Waals surface area contributed by atoms with E-state index in [0.717, 1.165) is 56.3 Å². The van der Waals surface area contributed by atoms with Crippen LogP contribution in [0, 0.1) is 11.6 Å². The molecule has 0 radical (unpaired) electrons. The molecule has 2 aromatic carbocycles. The third kappa shape index (κ3) is 5.89. The molecular weight excluding hydrogens is 480 g/mol. The third-order valence-electron chi connectivity index (χ3n) is 6.28. The van der Waals surface area contributed by atoms with Crippen molar-refractivity contribution in [2.24, 2.45) is 5.73 Å². The number of rotatable bonds is 8. The third-order valence-corrected chi connectivity index (χ3v) is 6.28. The van der Waals surface area contributed by atoms with Gasteiger partial charge in [-0.2, -0.15) is 10.1 Å². The van der Waals surface area contributed by atoms with Crippen molar-refractivity contribution >= 4 is 6.01 Å². The van der Waals surface area contributed by atoms with Gasteiger partial charge in [0.05, 0.1) is 12.2 Å². The number of aromatic nitrogens is 4. The fraction of sp³-hybridized carbons (Fsp3) is 0.308. The van der Waals surface area contributed by atoms with Crippen LogP contribution >= 0.6 is 0 Å². The Bertz CT molecular complexity index is 1410. The minimum absolute atomic E-state index is 0.160. The highest BCUT2D eigenvalue weighted by Crippen LogP contribution is 2.23. The smallest absolute Gasteiger partial charge is 0.324 e. The quantitative estimate of drug-likeness (QED) is 0.388. The number of hydrogen-bond donors (Lipinski definition) is 1. The molecule has 1 fully saturated rings. The van der Waals surface area contributed by atoms with E-state index in [1.165, 1.54) is 28.9 Å². The van der Waals surface area contributed by atoms with Crippen LogP contribution in [-0.2, 0) is 6.54 Å². The molecule has 0 atom stereocenters. The lowest BCUT2D eigenvalue weighted by Crippen LogP contribution is -2.47. The van der Waals surface area contributed by atoms with Crippen molar-refractivity contribution in [3.05, 3.63) is 82.1 Å². The van der Waals surface area contributed by atoms with Gasteiger partial charge in [-0.3, -0.25) is 9.69 Å². The Morgan fingerprint density at radius 1 is 0.946 bits per heavy atom. The molecule has 4 aromatic rings. The largest absolute Gasteiger partial charge is 0.330 e. The molecule has 0 spiro atoms. The first kappa shape index (κ1) is 24.7. The number of piperazine rings is 1. The number of benzene rings is 2. The summed E-state index contributed by atoms with van der Waals surface area (Å²) < 4.78 is 34.1. The Kier molecular flexibility index (Phi) is 7.33. The predicted octanol–water partition coefficient (Wildman–Crippen LogP) is 2.76. The van der Waals surface area contributed by atoms with Crippen LogP contribution in [0.4, 0.5) is 14.8 Å². The molecule has 11 heteroatoms. The minimum Gasteiger partial charge on any atom is -0.330 e. The standard InChI is InChI=1S/C26H27F2N7O2/c27-21-14-20(15-22(28)16-21)23-5-6-24(36)35(31-23)17-18-3-1-4-19(13-18)25-30-26(37-32-25)34-11-9-33(10-12-34)8-2-7-29/h1,3-6,13-16H,2,7-12,17,29H2. The second-order valence-corrected chi connectivity index (χ2v) is 8.94. The van der Waals surface area contributed by atoms with Gasteiger partial charge in [0, 0.05) is 49.4 Å². The molecule has 0 unspecified atom stereocenters. The van der Waals surface area contributed by atoms with Gasteiger partial charge in [-0.1, -0.05) is 23.4 Å². The molecule has 0 amide bonds. The van der Waals surface area contributed by atoms with Crippen molar-refractivity contribution in [3.63, 3.8) is 0 Å². The van der Waals surface area contributed by atoms with E-state index in [4.69, 9.17) is 10.3 Å². The van der Waals surface area contributed by atoms with E-state index in [1.807, 2.05) is 24.3 Å². The van der Waals surface area contributed by atoms with Crippen LogP contribution in [-0.4, -0.2) is 64.1 Å². The summed E-state index contributed by atoms with van der Waals surface area (Å²) in [6.45, 7) is 5.26. The summed E-state index contributed by atoms with van der Waals surface area (Å²) in [5, 5.41) is 8.47. The summed E-state index contributed by atoms with van der Waals surface area (Å²) >= 11 is 0. The fourth-order valence-electron chi connectivity index (χ4n) is 4.34. The molecule has 0 bridgehead atoms. The molecule has 9 nitrogen and oxygen atoms in total. The van der Waals surface area contributed by atoms with Crippen molar-refractivity contribution in [3.8, 4) is 22.6 Å². The molecule has 1 aliphatic rings. The molecule has 192 valence electrons. The average molecular weight is 508 g/mol. The first-order valence-electron chi connectivity index (χ1n) is 12.1. The lowest BCUT2D eigenvalue weighted by molar-refractivity contribution is 0.249. The Morgan fingerprint density at radius 3 is 2.49 bits per heavy atom. The van der Waals surface area contributed by atoms with Crippen molar-refractivity contribution in [2.45, 2.75) is 13.0 Å². The zero-order valence-corrected chi connectivity index (χ0v) is 20.2. The summed E-state index contributed by atoms with van der Waals surface area (Å²) in [6, 6.07) is 13.8. The van der Waals surface area contributed by atoms with Crippen LogP contribution in [0.1, 0.15) is 12.0 Å². The monoisotopic (exact) mass is 507 g/mol. The van der Waals surface area contributed by atoms with Crippen LogP contribution in [0.15, 0.2) is 63.9 Å². The average Bonchev–Trinajstić information content (AvgIpc) is 3.39. The van der Waals surface area contributed by atoms with Gasteiger partial charge in [0.1, 0.15) is 11.6 Å². The van der Waals surface area contributed by atoms with Crippen molar-refractivity contribution in [1.82, 2.24) is 24.8 Å². The summed E-state index contributed by atoms with van der Waals surface area (Å²) in [6.07, 6.45) is 0.982. The maximum Gasteiger partial charge on any atom is 0.324 e. The van der Waals surface area contributed by atoms with Crippen LogP contribution in [0.5, 0.6) is 0 Å². The van der Waals surface area contributed by atoms with E-state index < -0.39 is 11.6 Å². The van der Waals surface area contributed by atoms with Gasteiger partial charge in [-0.05, 0) is 49.3 Å². The maximum absolute atomic E-state index is 13.7. The molecule has 37 heavy (non-hydrogen) atoms. The van der Waals surface area contributed by atoms with E-state index in [2.05, 4.69) is 25.0 Å². The van der Waals surface area contributed by atoms with Crippen molar-refractivity contribution in [2.75, 3.05) is 44.2 Å². The van der Waals surface area contributed by atoms with E-state index in [9.17, 15) is 13.6 Å². The highest BCUT2D eigenvalue weighted by molar-refractivity contribution is 5.59. The van der Waals surface area contributed by atoms with Crippen LogP contribution < -0.4 is 16.2 Å². The first-order valence-corrected chi connectivity index (χ1v) is 12.1. The number of hydrogen-bond acceptors (Lipinski definition) is 8. The second-order valence-electron chi connectivity index (χ2n) is 8.94. The molecule has 2 N–H and O–H groups in total. The normalized spacial score (nSPS) is 14.3. The zero-order chi connectivity index (χ0) is 25.8. The van der Waals surface area contributed by atoms with Crippen molar-refractivity contribution in [1.29, 1.82) is 0 Å². The van der Waals surface area contributed by atoms with E-state index in [1.54, 1.807) is 0 Å². The Labute approximate surface area is 212 Å². The lowest BCUT2D eigenvalue weighted by atomic mass is 10.1. The van der Waals surface area contributed by atoms with E-state index in [0.29, 0.717) is 24.1 Å². The maximum atomic E-state index is 13.7. The van der Waals surface area contributed by atoms with Crippen LogP contribution in [0.2, 0.25) is 0 Å². The summed E-state index contributed by atoms with van der Waals surface area (Å²) in [7, 11) is 0. The van der Waals surface area contributed by atoms with Gasteiger partial charge in [0.2, 0.25) is 5.82 Å². The van der Waals surface area contributed by atoms with Gasteiger partial charge in [0.15, 0.2) is 0 Å². The highest BCUT2D eigenvalue weighted by Gasteiger charge is 2.21. The van der Waals surface area contributed by atoms with Crippen LogP contribution in [0.25, 0.3) is 22.6 Å². The topological polar surface area (TPSA) is 106 Å². The Hall–Kier alpha value is -3.96. The molecule has 2 aromatic heterocycles.